The smallest absolute Gasteiger partial charge is 0.323 e. The zero-order chi connectivity index (χ0) is 18.7. The van der Waals surface area contributed by atoms with Gasteiger partial charge in [-0.1, -0.05) is 17.7 Å². The van der Waals surface area contributed by atoms with E-state index in [4.69, 9.17) is 0 Å². The molecule has 1 aromatic rings. The highest BCUT2D eigenvalue weighted by Crippen LogP contribution is 2.39. The highest BCUT2D eigenvalue weighted by Gasteiger charge is 2.48. The Labute approximate surface area is 151 Å². The van der Waals surface area contributed by atoms with E-state index in [0.29, 0.717) is 11.1 Å². The number of aryl methyl sites for hydroxylation is 1. The summed E-state index contributed by atoms with van der Waals surface area (Å²) in [7, 11) is 1.16. The van der Waals surface area contributed by atoms with Gasteiger partial charge in [-0.3, -0.25) is 14.4 Å². The summed E-state index contributed by atoms with van der Waals surface area (Å²) >= 11 is 1.21. The number of thioether (sulfide) groups is 1. The van der Waals surface area contributed by atoms with Crippen molar-refractivity contribution >= 4 is 29.3 Å². The van der Waals surface area contributed by atoms with Crippen LogP contribution in [0.15, 0.2) is 40.3 Å². The van der Waals surface area contributed by atoms with E-state index in [1.807, 2.05) is 37.3 Å². The zero-order valence-corrected chi connectivity index (χ0v) is 15.3. The van der Waals surface area contributed by atoms with Crippen molar-refractivity contribution in [2.45, 2.75) is 30.9 Å². The van der Waals surface area contributed by atoms with Crippen LogP contribution in [0, 0.1) is 30.1 Å². The summed E-state index contributed by atoms with van der Waals surface area (Å²) in [4.78, 5) is 38.4. The van der Waals surface area contributed by atoms with Gasteiger partial charge in [-0.05, 0) is 44.1 Å². The quantitative estimate of drug-likeness (QED) is 0.771. The lowest BCUT2D eigenvalue weighted by atomic mass is 9.76. The van der Waals surface area contributed by atoms with Gasteiger partial charge < -0.3 is 4.74 Å². The first-order valence-corrected chi connectivity index (χ1v) is 8.66. The number of ketones is 2. The van der Waals surface area contributed by atoms with Crippen LogP contribution in [0.25, 0.3) is 0 Å². The van der Waals surface area contributed by atoms with Crippen LogP contribution in [-0.4, -0.2) is 29.9 Å². The predicted octanol–water partition coefficient (Wildman–Crippen LogP) is 2.87. The summed E-state index contributed by atoms with van der Waals surface area (Å²) in [5.41, 5.74) is 1.76. The van der Waals surface area contributed by atoms with Crippen LogP contribution < -0.4 is 0 Å². The van der Waals surface area contributed by atoms with Crippen LogP contribution in [0.1, 0.15) is 19.4 Å². The maximum Gasteiger partial charge on any atom is 0.323 e. The second-order valence-electron chi connectivity index (χ2n) is 5.99. The standard InChI is InChI=1S/C19H19NO4S/c1-10-5-7-13(8-6-10)25-18-15(14(9-20)19(23)24-4)16(21)11(2)12(3)17(18)22/h5-8,14-15,18H,1-4H3. The van der Waals surface area contributed by atoms with E-state index < -0.39 is 23.1 Å². The van der Waals surface area contributed by atoms with Crippen LogP contribution in [0.5, 0.6) is 0 Å². The molecule has 0 fully saturated rings. The number of benzene rings is 1. The molecule has 0 spiro atoms. The molecule has 1 aliphatic carbocycles. The van der Waals surface area contributed by atoms with Crippen molar-refractivity contribution in [1.29, 1.82) is 5.26 Å². The number of Topliss-reactive ketones (excluding diaryl/α,β-unsaturated/α-hetero) is 2. The highest BCUT2D eigenvalue weighted by molar-refractivity contribution is 8.00. The lowest BCUT2D eigenvalue weighted by Crippen LogP contribution is -2.45. The molecule has 0 amide bonds. The number of nitrogens with zero attached hydrogens (tertiary/aromatic N) is 1. The van der Waals surface area contributed by atoms with Gasteiger partial charge in [0.1, 0.15) is 0 Å². The Morgan fingerprint density at radius 3 is 2.20 bits per heavy atom. The van der Waals surface area contributed by atoms with Crippen molar-refractivity contribution in [3.63, 3.8) is 0 Å². The fourth-order valence-electron chi connectivity index (χ4n) is 2.76. The lowest BCUT2D eigenvalue weighted by Gasteiger charge is -2.31. The van der Waals surface area contributed by atoms with Gasteiger partial charge in [0.25, 0.3) is 0 Å². The highest BCUT2D eigenvalue weighted by atomic mass is 32.2. The molecular weight excluding hydrogens is 338 g/mol. The fourth-order valence-corrected chi connectivity index (χ4v) is 4.05. The Morgan fingerprint density at radius 1 is 1.12 bits per heavy atom. The Balaban J connectivity index is 2.49. The van der Waals surface area contributed by atoms with Gasteiger partial charge in [-0.25, -0.2) is 0 Å². The number of allylic oxidation sites excluding steroid dienone is 2. The number of nitriles is 1. The van der Waals surface area contributed by atoms with Crippen molar-refractivity contribution in [2.24, 2.45) is 11.8 Å². The molecule has 0 radical (unpaired) electrons. The largest absolute Gasteiger partial charge is 0.468 e. The Kier molecular flexibility index (Phi) is 5.81. The van der Waals surface area contributed by atoms with Crippen LogP contribution >= 0.6 is 11.8 Å². The third kappa shape index (κ3) is 3.67. The van der Waals surface area contributed by atoms with E-state index in [-0.39, 0.29) is 11.6 Å². The topological polar surface area (TPSA) is 84.2 Å². The van der Waals surface area contributed by atoms with E-state index >= 15 is 0 Å². The first-order chi connectivity index (χ1) is 11.8. The number of hydrogen-bond acceptors (Lipinski definition) is 6. The molecule has 1 aliphatic rings. The molecule has 1 aromatic carbocycles. The maximum atomic E-state index is 12.8. The van der Waals surface area contributed by atoms with Crippen molar-refractivity contribution in [3.05, 3.63) is 41.0 Å². The number of methoxy groups -OCH3 is 1. The number of carbonyl (C=O) groups is 3. The summed E-state index contributed by atoms with van der Waals surface area (Å²) in [6, 6.07) is 9.37. The third-order valence-corrected chi connectivity index (χ3v) is 5.73. The molecule has 5 nitrogen and oxygen atoms in total. The van der Waals surface area contributed by atoms with Gasteiger partial charge >= 0.3 is 5.97 Å². The van der Waals surface area contributed by atoms with Gasteiger partial charge in [-0.2, -0.15) is 5.26 Å². The minimum Gasteiger partial charge on any atom is -0.468 e. The number of hydrogen-bond donors (Lipinski definition) is 0. The molecule has 0 saturated carbocycles. The summed E-state index contributed by atoms with van der Waals surface area (Å²) in [6.45, 7) is 5.11. The number of ether oxygens (including phenoxy) is 1. The van der Waals surface area contributed by atoms with E-state index in [9.17, 15) is 19.6 Å². The monoisotopic (exact) mass is 357 g/mol. The number of carbonyl (C=O) groups excluding carboxylic acids is 3. The number of esters is 1. The molecule has 3 atom stereocenters. The molecule has 0 bridgehead atoms. The molecular formula is C19H19NO4S. The van der Waals surface area contributed by atoms with Crippen LogP contribution in [-0.2, 0) is 19.1 Å². The van der Waals surface area contributed by atoms with E-state index in [2.05, 4.69) is 4.74 Å². The molecule has 25 heavy (non-hydrogen) atoms. The van der Waals surface area contributed by atoms with Crippen molar-refractivity contribution in [2.75, 3.05) is 7.11 Å². The zero-order valence-electron chi connectivity index (χ0n) is 14.5. The average Bonchev–Trinajstić information content (AvgIpc) is 2.62. The summed E-state index contributed by atoms with van der Waals surface area (Å²) < 4.78 is 4.67. The molecule has 0 N–H and O–H groups in total. The second-order valence-corrected chi connectivity index (χ2v) is 7.20. The van der Waals surface area contributed by atoms with Crippen molar-refractivity contribution < 1.29 is 19.1 Å². The molecule has 0 aliphatic heterocycles. The molecule has 130 valence electrons. The average molecular weight is 357 g/mol. The molecule has 0 heterocycles. The minimum atomic E-state index is -1.31. The Bertz CT molecular complexity index is 789. The van der Waals surface area contributed by atoms with Gasteiger partial charge in [0, 0.05) is 4.90 Å². The van der Waals surface area contributed by atoms with Crippen LogP contribution in [0.4, 0.5) is 0 Å². The molecule has 0 saturated heterocycles. The fraction of sp³-hybridized carbons (Fsp3) is 0.368. The lowest BCUT2D eigenvalue weighted by molar-refractivity contribution is -0.147. The molecule has 0 aromatic heterocycles. The van der Waals surface area contributed by atoms with E-state index in [0.717, 1.165) is 17.6 Å². The first kappa shape index (κ1) is 18.9. The van der Waals surface area contributed by atoms with Crippen LogP contribution in [0.2, 0.25) is 0 Å². The SMILES string of the molecule is COC(=O)C(C#N)C1C(=O)C(C)=C(C)C(=O)C1Sc1ccc(C)cc1. The van der Waals surface area contributed by atoms with E-state index in [1.165, 1.54) is 11.8 Å². The summed E-state index contributed by atoms with van der Waals surface area (Å²) in [6.07, 6.45) is 0. The van der Waals surface area contributed by atoms with Gasteiger partial charge in [0.05, 0.1) is 24.3 Å². The van der Waals surface area contributed by atoms with Crippen molar-refractivity contribution in [3.8, 4) is 6.07 Å². The summed E-state index contributed by atoms with van der Waals surface area (Å²) in [5.74, 6) is -3.74. The molecule has 6 heteroatoms. The van der Waals surface area contributed by atoms with Gasteiger partial charge in [0.15, 0.2) is 17.5 Å². The number of rotatable bonds is 4. The summed E-state index contributed by atoms with van der Waals surface area (Å²) in [5, 5.41) is 8.59. The normalized spacial score (nSPS) is 21.7. The molecule has 3 unspecified atom stereocenters. The molecule has 2 rings (SSSR count). The predicted molar refractivity (Wildman–Crippen MR) is 93.8 cm³/mol. The third-order valence-electron chi connectivity index (χ3n) is 4.43. The minimum absolute atomic E-state index is 0.225. The maximum absolute atomic E-state index is 12.8. The van der Waals surface area contributed by atoms with E-state index in [1.54, 1.807) is 13.8 Å². The van der Waals surface area contributed by atoms with Crippen LogP contribution in [0.3, 0.4) is 0 Å². The van der Waals surface area contributed by atoms with Crippen molar-refractivity contribution in [1.82, 2.24) is 0 Å². The van der Waals surface area contributed by atoms with Gasteiger partial charge in [-0.15, -0.1) is 11.8 Å². The van der Waals surface area contributed by atoms with Gasteiger partial charge in [0.2, 0.25) is 0 Å². The Hall–Kier alpha value is -2.39. The first-order valence-electron chi connectivity index (χ1n) is 7.78. The second kappa shape index (κ2) is 7.66. The Morgan fingerprint density at radius 2 is 1.68 bits per heavy atom.